The predicted octanol–water partition coefficient (Wildman–Crippen LogP) is -0.0769. The van der Waals surface area contributed by atoms with Gasteiger partial charge in [-0.3, -0.25) is 9.79 Å². The van der Waals surface area contributed by atoms with Crippen molar-refractivity contribution in [3.8, 4) is 0 Å². The average Bonchev–Trinajstić information content (AvgIpc) is 1.64. The summed E-state index contributed by atoms with van der Waals surface area (Å²) in [5, 5.41) is 2.48. The number of carbonyl (C=O) groups excluding carboxylic acids is 1. The maximum Gasteiger partial charge on any atom is 0.227 e. The van der Waals surface area contributed by atoms with E-state index in [2.05, 4.69) is 10.3 Å². The first kappa shape index (κ1) is 5.28. The van der Waals surface area contributed by atoms with Gasteiger partial charge in [-0.25, -0.2) is 0 Å². The van der Waals surface area contributed by atoms with Crippen LogP contribution in [-0.4, -0.2) is 18.3 Å². The molecule has 8 heavy (non-hydrogen) atoms. The average molecular weight is 112 g/mol. The van der Waals surface area contributed by atoms with Gasteiger partial charge in [-0.05, 0) is 6.92 Å². The minimum atomic E-state index is 0.0625. The molecule has 1 N–H and O–H groups in total. The Bertz CT molecular complexity index is 130. The molecule has 0 aliphatic carbocycles. The summed E-state index contributed by atoms with van der Waals surface area (Å²) < 4.78 is 0. The Labute approximate surface area is 47.8 Å². The third-order valence-corrected chi connectivity index (χ3v) is 1.04. The van der Waals surface area contributed by atoms with E-state index in [1.54, 1.807) is 0 Å². The molecule has 1 atom stereocenters. The van der Waals surface area contributed by atoms with E-state index < -0.39 is 0 Å². The van der Waals surface area contributed by atoms with Gasteiger partial charge in [0.15, 0.2) is 0 Å². The van der Waals surface area contributed by atoms with E-state index in [1.165, 1.54) is 6.34 Å². The lowest BCUT2D eigenvalue weighted by Crippen LogP contribution is -2.29. The molecule has 0 fully saturated rings. The van der Waals surface area contributed by atoms with Gasteiger partial charge >= 0.3 is 0 Å². The van der Waals surface area contributed by atoms with E-state index in [0.717, 1.165) is 0 Å². The quantitative estimate of drug-likeness (QED) is 0.468. The highest BCUT2D eigenvalue weighted by Crippen LogP contribution is 1.97. The summed E-state index contributed by atoms with van der Waals surface area (Å²) in [5.74, 6) is 0.0625. The maximum absolute atomic E-state index is 10.5. The van der Waals surface area contributed by atoms with Crippen LogP contribution < -0.4 is 5.32 Å². The standard InChI is InChI=1S/C5H8N2O/c1-4-2-5(8)7-3-6-4/h3-4H,2H2,1H3,(H,6,7,8). The fourth-order valence-electron chi connectivity index (χ4n) is 0.616. The van der Waals surface area contributed by atoms with Crippen molar-refractivity contribution < 1.29 is 4.79 Å². The largest absolute Gasteiger partial charge is 0.317 e. The predicted molar refractivity (Wildman–Crippen MR) is 30.7 cm³/mol. The number of hydrogen-bond acceptors (Lipinski definition) is 2. The molecule has 0 radical (unpaired) electrons. The smallest absolute Gasteiger partial charge is 0.227 e. The third kappa shape index (κ3) is 1.05. The second kappa shape index (κ2) is 1.94. The monoisotopic (exact) mass is 112 g/mol. The van der Waals surface area contributed by atoms with Crippen LogP contribution in [0.3, 0.4) is 0 Å². The highest BCUT2D eigenvalue weighted by molar-refractivity contribution is 5.89. The summed E-state index contributed by atoms with van der Waals surface area (Å²) >= 11 is 0. The number of aliphatic imine (C=N–C) groups is 1. The molecule has 1 heterocycles. The highest BCUT2D eigenvalue weighted by atomic mass is 16.1. The van der Waals surface area contributed by atoms with Gasteiger partial charge in [0.05, 0.1) is 12.4 Å². The van der Waals surface area contributed by atoms with Crippen LogP contribution in [0.2, 0.25) is 0 Å². The van der Waals surface area contributed by atoms with Crippen molar-refractivity contribution in [2.45, 2.75) is 19.4 Å². The van der Waals surface area contributed by atoms with Gasteiger partial charge in [-0.1, -0.05) is 0 Å². The molecular weight excluding hydrogens is 104 g/mol. The van der Waals surface area contributed by atoms with E-state index in [1.807, 2.05) is 6.92 Å². The van der Waals surface area contributed by atoms with Crippen LogP contribution >= 0.6 is 0 Å². The summed E-state index contributed by atoms with van der Waals surface area (Å²) in [6, 6.07) is 0.170. The summed E-state index contributed by atoms with van der Waals surface area (Å²) in [6.45, 7) is 1.91. The zero-order valence-electron chi connectivity index (χ0n) is 4.72. The van der Waals surface area contributed by atoms with Crippen LogP contribution in [0.15, 0.2) is 4.99 Å². The van der Waals surface area contributed by atoms with E-state index in [4.69, 9.17) is 0 Å². The number of nitrogens with one attached hydrogen (secondary N) is 1. The minimum absolute atomic E-state index is 0.0625. The maximum atomic E-state index is 10.5. The summed E-state index contributed by atoms with van der Waals surface area (Å²) in [4.78, 5) is 14.4. The van der Waals surface area contributed by atoms with Crippen molar-refractivity contribution in [3.05, 3.63) is 0 Å². The normalized spacial score (nSPS) is 27.6. The molecule has 0 aromatic heterocycles. The molecule has 1 unspecified atom stereocenters. The van der Waals surface area contributed by atoms with Crippen molar-refractivity contribution in [1.29, 1.82) is 0 Å². The fourth-order valence-corrected chi connectivity index (χ4v) is 0.616. The number of amides is 1. The molecule has 1 amide bonds. The third-order valence-electron chi connectivity index (χ3n) is 1.04. The Balaban J connectivity index is 2.54. The first-order valence-electron chi connectivity index (χ1n) is 2.60. The first-order valence-corrected chi connectivity index (χ1v) is 2.60. The molecule has 0 aromatic rings. The topological polar surface area (TPSA) is 41.5 Å². The van der Waals surface area contributed by atoms with Crippen LogP contribution in [-0.2, 0) is 4.79 Å². The van der Waals surface area contributed by atoms with E-state index in [0.29, 0.717) is 6.42 Å². The molecule has 1 aliphatic heterocycles. The fraction of sp³-hybridized carbons (Fsp3) is 0.600. The number of rotatable bonds is 0. The second-order valence-corrected chi connectivity index (χ2v) is 1.90. The summed E-state index contributed by atoms with van der Waals surface area (Å²) in [7, 11) is 0. The van der Waals surface area contributed by atoms with Gasteiger partial charge in [0.25, 0.3) is 0 Å². The minimum Gasteiger partial charge on any atom is -0.317 e. The van der Waals surface area contributed by atoms with E-state index >= 15 is 0 Å². The second-order valence-electron chi connectivity index (χ2n) is 1.90. The molecule has 0 aromatic carbocycles. The van der Waals surface area contributed by atoms with Gasteiger partial charge < -0.3 is 5.32 Å². The Morgan fingerprint density at radius 2 is 2.75 bits per heavy atom. The molecule has 3 nitrogen and oxygen atoms in total. The highest BCUT2D eigenvalue weighted by Gasteiger charge is 2.08. The molecule has 3 heteroatoms. The summed E-state index contributed by atoms with van der Waals surface area (Å²) in [6.07, 6.45) is 1.98. The molecule has 44 valence electrons. The zero-order valence-corrected chi connectivity index (χ0v) is 4.72. The molecule has 1 rings (SSSR count). The lowest BCUT2D eigenvalue weighted by molar-refractivity contribution is -0.120. The molecule has 0 saturated carbocycles. The van der Waals surface area contributed by atoms with Crippen LogP contribution in [0.5, 0.6) is 0 Å². The summed E-state index contributed by atoms with van der Waals surface area (Å²) in [5.41, 5.74) is 0. The van der Waals surface area contributed by atoms with Gasteiger partial charge in [-0.2, -0.15) is 0 Å². The Hall–Kier alpha value is -0.860. The molecular formula is C5H8N2O. The van der Waals surface area contributed by atoms with E-state index in [-0.39, 0.29) is 11.9 Å². The van der Waals surface area contributed by atoms with Gasteiger partial charge in [0.1, 0.15) is 0 Å². The Morgan fingerprint density at radius 1 is 2.00 bits per heavy atom. The SMILES string of the molecule is CC1CC(=O)NC=N1. The zero-order chi connectivity index (χ0) is 5.98. The van der Waals surface area contributed by atoms with Gasteiger partial charge in [-0.15, -0.1) is 0 Å². The molecule has 0 bridgehead atoms. The lowest BCUT2D eigenvalue weighted by Gasteiger charge is -2.09. The van der Waals surface area contributed by atoms with Crippen LogP contribution in [0, 0.1) is 0 Å². The van der Waals surface area contributed by atoms with Crippen LogP contribution in [0.1, 0.15) is 13.3 Å². The van der Waals surface area contributed by atoms with Crippen LogP contribution in [0.25, 0.3) is 0 Å². The molecule has 0 spiro atoms. The van der Waals surface area contributed by atoms with E-state index in [9.17, 15) is 4.79 Å². The Morgan fingerprint density at radius 3 is 3.12 bits per heavy atom. The van der Waals surface area contributed by atoms with Crippen molar-refractivity contribution in [2.24, 2.45) is 4.99 Å². The Kier molecular flexibility index (Phi) is 1.28. The first-order chi connectivity index (χ1) is 3.79. The number of hydrogen-bond donors (Lipinski definition) is 1. The van der Waals surface area contributed by atoms with Crippen molar-refractivity contribution in [1.82, 2.24) is 5.32 Å². The molecule has 1 aliphatic rings. The van der Waals surface area contributed by atoms with Crippen molar-refractivity contribution >= 4 is 12.2 Å². The number of carbonyl (C=O) groups is 1. The molecule has 0 saturated heterocycles. The van der Waals surface area contributed by atoms with Crippen molar-refractivity contribution in [2.75, 3.05) is 0 Å². The van der Waals surface area contributed by atoms with Gasteiger partial charge in [0.2, 0.25) is 5.91 Å². The lowest BCUT2D eigenvalue weighted by atomic mass is 10.2. The van der Waals surface area contributed by atoms with Gasteiger partial charge in [0, 0.05) is 6.42 Å². The number of nitrogens with zero attached hydrogens (tertiary/aromatic N) is 1. The van der Waals surface area contributed by atoms with Crippen LogP contribution in [0.4, 0.5) is 0 Å². The van der Waals surface area contributed by atoms with Crippen molar-refractivity contribution in [3.63, 3.8) is 0 Å².